The molecule has 1 aliphatic heterocycles. The first-order valence-electron chi connectivity index (χ1n) is 6.32. The minimum atomic E-state index is 0. The lowest BCUT2D eigenvalue weighted by atomic mass is 10.1. The van der Waals surface area contributed by atoms with Gasteiger partial charge in [0, 0.05) is 38.3 Å². The van der Waals surface area contributed by atoms with Gasteiger partial charge in [0.25, 0.3) is 5.91 Å². The summed E-state index contributed by atoms with van der Waals surface area (Å²) in [7, 11) is 1.67. The predicted molar refractivity (Wildman–Crippen MR) is 77.8 cm³/mol. The predicted octanol–water partition coefficient (Wildman–Crippen LogP) is 1.69. The van der Waals surface area contributed by atoms with Gasteiger partial charge in [-0.05, 0) is 24.6 Å². The summed E-state index contributed by atoms with van der Waals surface area (Å²) in [5, 5.41) is 3.29. The zero-order valence-corrected chi connectivity index (χ0v) is 12.2. The third-order valence-electron chi connectivity index (χ3n) is 3.27. The van der Waals surface area contributed by atoms with Crippen LogP contribution in [0, 0.1) is 0 Å². The molecule has 5 heteroatoms. The fourth-order valence-corrected chi connectivity index (χ4v) is 2.22. The summed E-state index contributed by atoms with van der Waals surface area (Å²) < 4.78 is 5.06. The molecule has 1 aromatic carbocycles. The molecule has 19 heavy (non-hydrogen) atoms. The van der Waals surface area contributed by atoms with Gasteiger partial charge in [-0.25, -0.2) is 0 Å². The number of carbonyl (C=O) groups is 1. The highest BCUT2D eigenvalue weighted by Crippen LogP contribution is 2.12. The Balaban J connectivity index is 0.00000180. The molecule has 1 saturated heterocycles. The monoisotopic (exact) mass is 284 g/mol. The summed E-state index contributed by atoms with van der Waals surface area (Å²) in [5.74, 6) is 0.118. The van der Waals surface area contributed by atoms with Gasteiger partial charge in [-0.1, -0.05) is 12.1 Å². The Kier molecular flexibility index (Phi) is 6.28. The molecule has 2 rings (SSSR count). The second-order valence-electron chi connectivity index (χ2n) is 4.68. The highest BCUT2D eigenvalue weighted by molar-refractivity contribution is 5.94. The van der Waals surface area contributed by atoms with E-state index in [0.717, 1.165) is 30.8 Å². The van der Waals surface area contributed by atoms with Crippen LogP contribution in [0.25, 0.3) is 0 Å². The first-order chi connectivity index (χ1) is 8.72. The Morgan fingerprint density at radius 1 is 1.42 bits per heavy atom. The number of halogens is 1. The van der Waals surface area contributed by atoms with Crippen LogP contribution in [0.1, 0.15) is 22.8 Å². The van der Waals surface area contributed by atoms with Crippen LogP contribution < -0.4 is 5.32 Å². The van der Waals surface area contributed by atoms with Crippen molar-refractivity contribution in [2.45, 2.75) is 19.6 Å². The third kappa shape index (κ3) is 3.93. The fourth-order valence-electron chi connectivity index (χ4n) is 2.22. The van der Waals surface area contributed by atoms with Crippen molar-refractivity contribution in [3.8, 4) is 0 Å². The molecule has 1 N–H and O–H groups in total. The molecule has 1 aromatic rings. The summed E-state index contributed by atoms with van der Waals surface area (Å²) in [5.41, 5.74) is 1.84. The summed E-state index contributed by atoms with van der Waals surface area (Å²) in [6, 6.07) is 7.91. The minimum Gasteiger partial charge on any atom is -0.380 e. The van der Waals surface area contributed by atoms with E-state index in [1.807, 2.05) is 29.2 Å². The van der Waals surface area contributed by atoms with E-state index >= 15 is 0 Å². The third-order valence-corrected chi connectivity index (χ3v) is 3.27. The molecule has 0 spiro atoms. The van der Waals surface area contributed by atoms with Crippen LogP contribution in [0.15, 0.2) is 24.3 Å². The van der Waals surface area contributed by atoms with Gasteiger partial charge < -0.3 is 15.0 Å². The van der Waals surface area contributed by atoms with E-state index < -0.39 is 0 Å². The summed E-state index contributed by atoms with van der Waals surface area (Å²) >= 11 is 0. The average molecular weight is 285 g/mol. The molecular formula is C14H21ClN2O2. The highest BCUT2D eigenvalue weighted by atomic mass is 35.5. The molecule has 106 valence electrons. The van der Waals surface area contributed by atoms with Crippen molar-refractivity contribution in [1.29, 1.82) is 0 Å². The Bertz CT molecular complexity index is 408. The van der Waals surface area contributed by atoms with Crippen molar-refractivity contribution in [1.82, 2.24) is 10.2 Å². The van der Waals surface area contributed by atoms with Crippen molar-refractivity contribution in [3.05, 3.63) is 35.4 Å². The van der Waals surface area contributed by atoms with Crippen molar-refractivity contribution >= 4 is 18.3 Å². The molecule has 1 atom stereocenters. The number of carbonyl (C=O) groups excluding carboxylic acids is 1. The Morgan fingerprint density at radius 3 is 2.68 bits per heavy atom. The van der Waals surface area contributed by atoms with E-state index in [4.69, 9.17) is 4.74 Å². The van der Waals surface area contributed by atoms with E-state index in [1.165, 1.54) is 0 Å². The lowest BCUT2D eigenvalue weighted by molar-refractivity contribution is 0.0655. The number of piperazine rings is 1. The quantitative estimate of drug-likeness (QED) is 0.918. The van der Waals surface area contributed by atoms with Crippen molar-refractivity contribution in [2.75, 3.05) is 26.7 Å². The number of hydrogen-bond acceptors (Lipinski definition) is 3. The van der Waals surface area contributed by atoms with E-state index in [-0.39, 0.29) is 24.4 Å². The Morgan fingerprint density at radius 2 is 2.11 bits per heavy atom. The van der Waals surface area contributed by atoms with E-state index in [2.05, 4.69) is 12.2 Å². The average Bonchev–Trinajstić information content (AvgIpc) is 2.40. The number of ether oxygens (including phenoxy) is 1. The van der Waals surface area contributed by atoms with Crippen molar-refractivity contribution in [2.24, 2.45) is 0 Å². The maximum absolute atomic E-state index is 12.3. The number of hydrogen-bond donors (Lipinski definition) is 1. The first kappa shape index (κ1) is 16.0. The molecule has 1 unspecified atom stereocenters. The highest BCUT2D eigenvalue weighted by Gasteiger charge is 2.23. The van der Waals surface area contributed by atoms with Gasteiger partial charge in [-0.3, -0.25) is 4.79 Å². The summed E-state index contributed by atoms with van der Waals surface area (Å²) in [4.78, 5) is 14.3. The molecule has 0 aromatic heterocycles. The molecule has 0 aliphatic carbocycles. The Labute approximate surface area is 120 Å². The lowest BCUT2D eigenvalue weighted by Gasteiger charge is -2.34. The molecule has 0 radical (unpaired) electrons. The SMILES string of the molecule is COCc1ccc(C(=O)N2CCNCC2C)cc1.Cl. The number of amides is 1. The van der Waals surface area contributed by atoms with Gasteiger partial charge in [0.1, 0.15) is 0 Å². The van der Waals surface area contributed by atoms with E-state index in [0.29, 0.717) is 6.61 Å². The van der Waals surface area contributed by atoms with E-state index in [9.17, 15) is 4.79 Å². The molecule has 1 fully saturated rings. The number of benzene rings is 1. The largest absolute Gasteiger partial charge is 0.380 e. The second-order valence-corrected chi connectivity index (χ2v) is 4.68. The second kappa shape index (κ2) is 7.48. The number of rotatable bonds is 3. The van der Waals surface area contributed by atoms with Gasteiger partial charge >= 0.3 is 0 Å². The van der Waals surface area contributed by atoms with Gasteiger partial charge in [0.05, 0.1) is 6.61 Å². The van der Waals surface area contributed by atoms with E-state index in [1.54, 1.807) is 7.11 Å². The number of methoxy groups -OCH3 is 1. The molecule has 1 aliphatic rings. The molecule has 1 amide bonds. The normalized spacial score (nSPS) is 18.8. The van der Waals surface area contributed by atoms with Crippen LogP contribution >= 0.6 is 12.4 Å². The standard InChI is InChI=1S/C14H20N2O2.ClH/c1-11-9-15-7-8-16(11)14(17)13-5-3-12(4-6-13)10-18-2;/h3-6,11,15H,7-10H2,1-2H3;1H. The van der Waals surface area contributed by atoms with Crippen LogP contribution in [0.3, 0.4) is 0 Å². The van der Waals surface area contributed by atoms with Crippen molar-refractivity contribution in [3.63, 3.8) is 0 Å². The van der Waals surface area contributed by atoms with Crippen LogP contribution in [0.2, 0.25) is 0 Å². The van der Waals surface area contributed by atoms with Gasteiger partial charge in [0.15, 0.2) is 0 Å². The molecule has 0 bridgehead atoms. The topological polar surface area (TPSA) is 41.6 Å². The maximum Gasteiger partial charge on any atom is 0.254 e. The lowest BCUT2D eigenvalue weighted by Crippen LogP contribution is -2.52. The molecular weight excluding hydrogens is 264 g/mol. The fraction of sp³-hybridized carbons (Fsp3) is 0.500. The zero-order chi connectivity index (χ0) is 13.0. The Hall–Kier alpha value is -1.10. The maximum atomic E-state index is 12.3. The number of nitrogens with one attached hydrogen (secondary N) is 1. The first-order valence-corrected chi connectivity index (χ1v) is 6.32. The minimum absolute atomic E-state index is 0. The molecule has 0 saturated carbocycles. The van der Waals surface area contributed by atoms with Gasteiger partial charge in [0.2, 0.25) is 0 Å². The smallest absolute Gasteiger partial charge is 0.254 e. The van der Waals surface area contributed by atoms with Crippen LogP contribution in [-0.4, -0.2) is 43.6 Å². The van der Waals surface area contributed by atoms with Crippen LogP contribution in [-0.2, 0) is 11.3 Å². The molecule has 1 heterocycles. The number of nitrogens with zero attached hydrogens (tertiary/aromatic N) is 1. The summed E-state index contributed by atoms with van der Waals surface area (Å²) in [6.07, 6.45) is 0. The van der Waals surface area contributed by atoms with Crippen molar-refractivity contribution < 1.29 is 9.53 Å². The van der Waals surface area contributed by atoms with Crippen LogP contribution in [0.4, 0.5) is 0 Å². The van der Waals surface area contributed by atoms with Gasteiger partial charge in [-0.2, -0.15) is 0 Å². The van der Waals surface area contributed by atoms with Gasteiger partial charge in [-0.15, -0.1) is 12.4 Å². The summed E-state index contributed by atoms with van der Waals surface area (Å²) in [6.45, 7) is 5.17. The van der Waals surface area contributed by atoms with Crippen LogP contribution in [0.5, 0.6) is 0 Å². The zero-order valence-electron chi connectivity index (χ0n) is 11.4. The molecule has 4 nitrogen and oxygen atoms in total.